The van der Waals surface area contributed by atoms with Crippen LogP contribution in [0.15, 0.2) is 12.2 Å². The van der Waals surface area contributed by atoms with E-state index in [1.165, 1.54) is 7.11 Å². The summed E-state index contributed by atoms with van der Waals surface area (Å²) in [6.45, 7) is 5.33. The topological polar surface area (TPSA) is 26.3 Å². The summed E-state index contributed by atoms with van der Waals surface area (Å²) in [5, 5.41) is 0. The second kappa shape index (κ2) is 3.24. The van der Waals surface area contributed by atoms with Crippen LogP contribution in [0.5, 0.6) is 0 Å². The van der Waals surface area contributed by atoms with Crippen LogP contribution in [-0.2, 0) is 9.53 Å². The Morgan fingerprint density at radius 2 is 2.25 bits per heavy atom. The summed E-state index contributed by atoms with van der Waals surface area (Å²) in [7, 11) is 1.35. The fraction of sp³-hybridized carbons (Fsp3) is 0.500. The third-order valence-electron chi connectivity index (χ3n) is 0.901. The van der Waals surface area contributed by atoms with Gasteiger partial charge in [-0.1, -0.05) is 13.5 Å². The molecule has 0 amide bonds. The highest BCUT2D eigenvalue weighted by Crippen LogP contribution is 1.96. The Kier molecular flexibility index (Phi) is 2.92. The number of ether oxygens (including phenoxy) is 1. The summed E-state index contributed by atoms with van der Waals surface area (Å²) < 4.78 is 4.36. The van der Waals surface area contributed by atoms with Crippen molar-refractivity contribution in [3.05, 3.63) is 12.2 Å². The van der Waals surface area contributed by atoms with Gasteiger partial charge in [-0.3, -0.25) is 0 Å². The lowest BCUT2D eigenvalue weighted by molar-refractivity contribution is -0.136. The number of esters is 1. The van der Waals surface area contributed by atoms with Crippen LogP contribution in [0, 0.1) is 0 Å². The van der Waals surface area contributed by atoms with Crippen molar-refractivity contribution in [2.75, 3.05) is 7.11 Å². The predicted molar refractivity (Wildman–Crippen MR) is 31.4 cm³/mol. The fourth-order valence-corrected chi connectivity index (χ4v) is 0.289. The lowest BCUT2D eigenvalue weighted by Gasteiger charge is -1.95. The fourth-order valence-electron chi connectivity index (χ4n) is 0.289. The maximum atomic E-state index is 10.4. The minimum absolute atomic E-state index is 0.312. The Bertz CT molecular complexity index is 91.1. The zero-order valence-electron chi connectivity index (χ0n) is 5.23. The van der Waals surface area contributed by atoms with Crippen LogP contribution in [-0.4, -0.2) is 13.1 Å². The third-order valence-corrected chi connectivity index (χ3v) is 0.901. The summed E-state index contributed by atoms with van der Waals surface area (Å²) >= 11 is 0. The molecule has 2 nitrogen and oxygen atoms in total. The maximum absolute atomic E-state index is 10.4. The molecule has 0 aliphatic carbocycles. The molecular weight excluding hydrogens is 104 g/mol. The first-order valence-electron chi connectivity index (χ1n) is 2.48. The molecule has 0 rings (SSSR count). The van der Waals surface area contributed by atoms with E-state index >= 15 is 0 Å². The molecule has 0 aromatic carbocycles. The summed E-state index contributed by atoms with van der Waals surface area (Å²) in [6, 6.07) is 0. The molecule has 0 bridgehead atoms. The number of rotatable bonds is 2. The van der Waals surface area contributed by atoms with Crippen LogP contribution in [0.2, 0.25) is 0 Å². The number of hydrogen-bond acceptors (Lipinski definition) is 2. The van der Waals surface area contributed by atoms with E-state index in [1.807, 2.05) is 6.92 Å². The molecule has 0 atom stereocenters. The van der Waals surface area contributed by atoms with Crippen LogP contribution in [0.1, 0.15) is 13.3 Å². The largest absolute Gasteiger partial charge is 0.466 e. The zero-order chi connectivity index (χ0) is 6.57. The molecule has 0 heterocycles. The normalized spacial score (nSPS) is 8.25. The molecule has 0 saturated carbocycles. The van der Waals surface area contributed by atoms with E-state index < -0.39 is 0 Å². The predicted octanol–water partition coefficient (Wildman–Crippen LogP) is 1.13. The van der Waals surface area contributed by atoms with Gasteiger partial charge in [0.25, 0.3) is 0 Å². The highest BCUT2D eigenvalue weighted by molar-refractivity contribution is 5.87. The van der Waals surface area contributed by atoms with Crippen molar-refractivity contribution in [3.63, 3.8) is 0 Å². The molecule has 46 valence electrons. The van der Waals surface area contributed by atoms with Gasteiger partial charge in [-0.2, -0.15) is 0 Å². The smallest absolute Gasteiger partial charge is 0.333 e. The highest BCUT2D eigenvalue weighted by atomic mass is 16.5. The average molecular weight is 114 g/mol. The standard InChI is InChI=1S/C6H10O2/c1-4-5(2)6(7)8-3/h2,4H2,1,3H3. The van der Waals surface area contributed by atoms with Crippen molar-refractivity contribution >= 4 is 5.97 Å². The Hall–Kier alpha value is -0.790. The van der Waals surface area contributed by atoms with Gasteiger partial charge < -0.3 is 4.74 Å². The monoisotopic (exact) mass is 114 g/mol. The second-order valence-electron chi connectivity index (χ2n) is 1.45. The Balaban J connectivity index is 3.64. The molecule has 0 saturated heterocycles. The number of carbonyl (C=O) groups is 1. The van der Waals surface area contributed by atoms with Crippen molar-refractivity contribution in [1.29, 1.82) is 0 Å². The molecule has 0 aromatic heterocycles. The summed E-state index contributed by atoms with van der Waals surface area (Å²) in [5.74, 6) is -0.312. The van der Waals surface area contributed by atoms with Gasteiger partial charge in [0.05, 0.1) is 7.11 Å². The first kappa shape index (κ1) is 7.21. The maximum Gasteiger partial charge on any atom is 0.333 e. The van der Waals surface area contributed by atoms with Crippen LogP contribution in [0.4, 0.5) is 0 Å². The Morgan fingerprint density at radius 1 is 1.75 bits per heavy atom. The van der Waals surface area contributed by atoms with E-state index in [1.54, 1.807) is 0 Å². The molecule has 0 radical (unpaired) electrons. The minimum atomic E-state index is -0.312. The Labute approximate surface area is 49.1 Å². The van der Waals surface area contributed by atoms with Crippen molar-refractivity contribution in [3.8, 4) is 0 Å². The zero-order valence-corrected chi connectivity index (χ0v) is 5.23. The van der Waals surface area contributed by atoms with Crippen LogP contribution < -0.4 is 0 Å². The number of methoxy groups -OCH3 is 1. The summed E-state index contributed by atoms with van der Waals surface area (Å²) in [5.41, 5.74) is 0.521. The lowest BCUT2D eigenvalue weighted by atomic mass is 10.2. The highest BCUT2D eigenvalue weighted by Gasteiger charge is 2.00. The van der Waals surface area contributed by atoms with Gasteiger partial charge in [0.2, 0.25) is 0 Å². The summed E-state index contributed by atoms with van der Waals surface area (Å²) in [6.07, 6.45) is 0.659. The van der Waals surface area contributed by atoms with Gasteiger partial charge in [0.15, 0.2) is 0 Å². The second-order valence-corrected chi connectivity index (χ2v) is 1.45. The van der Waals surface area contributed by atoms with Crippen molar-refractivity contribution in [2.24, 2.45) is 0 Å². The number of carbonyl (C=O) groups excluding carboxylic acids is 1. The molecule has 0 N–H and O–H groups in total. The summed E-state index contributed by atoms with van der Waals surface area (Å²) in [4.78, 5) is 10.4. The minimum Gasteiger partial charge on any atom is -0.466 e. The van der Waals surface area contributed by atoms with Crippen molar-refractivity contribution < 1.29 is 9.53 Å². The third kappa shape index (κ3) is 1.78. The lowest BCUT2D eigenvalue weighted by Crippen LogP contribution is -2.01. The van der Waals surface area contributed by atoms with Crippen LogP contribution in [0.3, 0.4) is 0 Å². The molecular formula is C6H10O2. The van der Waals surface area contributed by atoms with E-state index in [2.05, 4.69) is 11.3 Å². The van der Waals surface area contributed by atoms with Crippen molar-refractivity contribution in [1.82, 2.24) is 0 Å². The van der Waals surface area contributed by atoms with Gasteiger partial charge >= 0.3 is 5.97 Å². The number of hydrogen-bond donors (Lipinski definition) is 0. The molecule has 0 fully saturated rings. The molecule has 0 unspecified atom stereocenters. The van der Waals surface area contributed by atoms with E-state index in [4.69, 9.17) is 0 Å². The first-order chi connectivity index (χ1) is 3.72. The van der Waals surface area contributed by atoms with E-state index in [-0.39, 0.29) is 5.97 Å². The van der Waals surface area contributed by atoms with E-state index in [9.17, 15) is 4.79 Å². The van der Waals surface area contributed by atoms with Gasteiger partial charge in [0, 0.05) is 5.57 Å². The SMILES string of the molecule is C=C(CC)C(=O)OC. The average Bonchev–Trinajstić information content (AvgIpc) is 1.84. The quantitative estimate of drug-likeness (QED) is 0.397. The van der Waals surface area contributed by atoms with Crippen LogP contribution >= 0.6 is 0 Å². The first-order valence-corrected chi connectivity index (χ1v) is 2.48. The molecule has 8 heavy (non-hydrogen) atoms. The molecule has 0 aromatic rings. The molecule has 2 heteroatoms. The van der Waals surface area contributed by atoms with Gasteiger partial charge in [-0.25, -0.2) is 4.79 Å². The van der Waals surface area contributed by atoms with Gasteiger partial charge in [0.1, 0.15) is 0 Å². The molecule has 0 aliphatic rings. The van der Waals surface area contributed by atoms with Crippen LogP contribution in [0.25, 0.3) is 0 Å². The molecule has 0 spiro atoms. The molecule has 0 aliphatic heterocycles. The Morgan fingerprint density at radius 3 is 2.38 bits per heavy atom. The van der Waals surface area contributed by atoms with E-state index in [0.717, 1.165) is 0 Å². The van der Waals surface area contributed by atoms with E-state index in [0.29, 0.717) is 12.0 Å². The van der Waals surface area contributed by atoms with Gasteiger partial charge in [-0.15, -0.1) is 0 Å². The van der Waals surface area contributed by atoms with Crippen molar-refractivity contribution in [2.45, 2.75) is 13.3 Å². The van der Waals surface area contributed by atoms with Gasteiger partial charge in [-0.05, 0) is 6.42 Å².